The van der Waals surface area contributed by atoms with Crippen molar-refractivity contribution in [2.75, 3.05) is 5.32 Å². The first-order chi connectivity index (χ1) is 11.3. The van der Waals surface area contributed by atoms with Gasteiger partial charge in [0, 0.05) is 11.6 Å². The van der Waals surface area contributed by atoms with Gasteiger partial charge in [-0.2, -0.15) is 0 Å². The number of hydrogen-bond acceptors (Lipinski definition) is 4. The van der Waals surface area contributed by atoms with Gasteiger partial charge in [0.2, 0.25) is 0 Å². The molecule has 1 N–H and O–H groups in total. The van der Waals surface area contributed by atoms with E-state index in [-0.39, 0.29) is 0 Å². The fraction of sp³-hybridized carbons (Fsp3) is 0.278. The smallest absolute Gasteiger partial charge is 0.126 e. The Morgan fingerprint density at radius 2 is 2.00 bits per heavy atom. The van der Waals surface area contributed by atoms with Gasteiger partial charge in [0.15, 0.2) is 0 Å². The van der Waals surface area contributed by atoms with Crippen molar-refractivity contribution in [3.05, 3.63) is 65.6 Å². The second-order valence-corrected chi connectivity index (χ2v) is 6.02. The van der Waals surface area contributed by atoms with Crippen LogP contribution in [0.25, 0.3) is 5.69 Å². The number of nitrogens with zero attached hydrogens (tertiary/aromatic N) is 4. The summed E-state index contributed by atoms with van der Waals surface area (Å²) in [5, 5.41) is 11.8. The first-order valence-electron chi connectivity index (χ1n) is 7.97. The van der Waals surface area contributed by atoms with Gasteiger partial charge in [0.1, 0.15) is 11.5 Å². The summed E-state index contributed by atoms with van der Waals surface area (Å²) in [5.74, 6) is 1.57. The Bertz CT molecular complexity index is 820. The summed E-state index contributed by atoms with van der Waals surface area (Å²) in [6.45, 7) is 2.69. The van der Waals surface area contributed by atoms with E-state index in [1.165, 1.54) is 24.1 Å². The average molecular weight is 305 g/mol. The molecule has 2 heterocycles. The fourth-order valence-electron chi connectivity index (χ4n) is 2.66. The number of rotatable bonds is 5. The van der Waals surface area contributed by atoms with Crippen molar-refractivity contribution in [2.45, 2.75) is 32.2 Å². The van der Waals surface area contributed by atoms with Gasteiger partial charge in [0.05, 0.1) is 18.4 Å². The lowest BCUT2D eigenvalue weighted by atomic mass is 10.2. The molecule has 3 aromatic rings. The maximum atomic E-state index is 4.66. The molecular formula is C18H19N5. The highest BCUT2D eigenvalue weighted by Crippen LogP contribution is 2.39. The zero-order chi connectivity index (χ0) is 15.6. The summed E-state index contributed by atoms with van der Waals surface area (Å²) in [5.41, 5.74) is 4.32. The van der Waals surface area contributed by atoms with E-state index in [2.05, 4.69) is 45.7 Å². The van der Waals surface area contributed by atoms with Gasteiger partial charge in [-0.05, 0) is 43.5 Å². The topological polar surface area (TPSA) is 55.6 Å². The molecule has 0 bridgehead atoms. The third-order valence-electron chi connectivity index (χ3n) is 4.12. The molecule has 0 spiro atoms. The average Bonchev–Trinajstić information content (AvgIpc) is 3.33. The molecule has 4 rings (SSSR count). The predicted octanol–water partition coefficient (Wildman–Crippen LogP) is 3.46. The van der Waals surface area contributed by atoms with Crippen LogP contribution in [0.2, 0.25) is 0 Å². The molecule has 0 atom stereocenters. The summed E-state index contributed by atoms with van der Waals surface area (Å²) < 4.78 is 1.82. The van der Waals surface area contributed by atoms with E-state index in [1.807, 2.05) is 35.1 Å². The van der Waals surface area contributed by atoms with Crippen LogP contribution in [0.5, 0.6) is 0 Å². The Morgan fingerprint density at radius 1 is 1.13 bits per heavy atom. The highest BCUT2D eigenvalue weighted by molar-refractivity contribution is 5.40. The van der Waals surface area contributed by atoms with E-state index in [1.54, 1.807) is 0 Å². The molecule has 116 valence electrons. The largest absolute Gasteiger partial charge is 0.364 e. The van der Waals surface area contributed by atoms with Crippen LogP contribution in [-0.4, -0.2) is 20.0 Å². The van der Waals surface area contributed by atoms with Gasteiger partial charge in [-0.3, -0.25) is 0 Å². The van der Waals surface area contributed by atoms with E-state index >= 15 is 0 Å². The van der Waals surface area contributed by atoms with Gasteiger partial charge in [0.25, 0.3) is 0 Å². The van der Waals surface area contributed by atoms with Crippen LogP contribution < -0.4 is 5.32 Å². The van der Waals surface area contributed by atoms with Crippen LogP contribution in [0, 0.1) is 6.92 Å². The minimum atomic E-state index is 0.618. The van der Waals surface area contributed by atoms with Crippen molar-refractivity contribution >= 4 is 5.82 Å². The van der Waals surface area contributed by atoms with Crippen molar-refractivity contribution in [1.29, 1.82) is 0 Å². The van der Waals surface area contributed by atoms with Crippen molar-refractivity contribution in [1.82, 2.24) is 20.0 Å². The standard InChI is InChI=1S/C18H19N5/c1-13-5-2-3-7-17(13)23-12-15(21-22-23)11-19-18-8-4-6-16(20-18)14-9-10-14/h2-8,12,14H,9-11H2,1H3,(H,19,20). The molecule has 0 amide bonds. The maximum absolute atomic E-state index is 4.66. The molecular weight excluding hydrogens is 286 g/mol. The van der Waals surface area contributed by atoms with Crippen molar-refractivity contribution in [3.63, 3.8) is 0 Å². The molecule has 5 nitrogen and oxygen atoms in total. The predicted molar refractivity (Wildman–Crippen MR) is 89.6 cm³/mol. The molecule has 0 unspecified atom stereocenters. The first-order valence-corrected chi connectivity index (χ1v) is 7.97. The lowest BCUT2D eigenvalue weighted by molar-refractivity contribution is 0.794. The van der Waals surface area contributed by atoms with E-state index in [0.29, 0.717) is 12.5 Å². The Morgan fingerprint density at radius 3 is 2.83 bits per heavy atom. The van der Waals surface area contributed by atoms with E-state index in [9.17, 15) is 0 Å². The lowest BCUT2D eigenvalue weighted by Crippen LogP contribution is -2.02. The van der Waals surface area contributed by atoms with Crippen LogP contribution in [0.1, 0.15) is 35.7 Å². The second kappa shape index (κ2) is 5.83. The molecule has 0 aliphatic heterocycles. The first kappa shape index (κ1) is 13.9. The Balaban J connectivity index is 1.46. The number of aryl methyl sites for hydroxylation is 1. The van der Waals surface area contributed by atoms with E-state index in [4.69, 9.17) is 0 Å². The van der Waals surface area contributed by atoms with Gasteiger partial charge < -0.3 is 5.32 Å². The van der Waals surface area contributed by atoms with Crippen LogP contribution in [0.4, 0.5) is 5.82 Å². The molecule has 1 aliphatic carbocycles. The Kier molecular flexibility index (Phi) is 3.54. The minimum Gasteiger partial charge on any atom is -0.364 e. The van der Waals surface area contributed by atoms with E-state index < -0.39 is 0 Å². The number of para-hydroxylation sites is 1. The number of pyridine rings is 1. The summed E-state index contributed by atoms with van der Waals surface area (Å²) in [4.78, 5) is 4.66. The third-order valence-corrected chi connectivity index (χ3v) is 4.12. The highest BCUT2D eigenvalue weighted by atomic mass is 15.4. The number of aromatic nitrogens is 4. The normalized spacial score (nSPS) is 14.0. The minimum absolute atomic E-state index is 0.618. The summed E-state index contributed by atoms with van der Waals surface area (Å²) in [7, 11) is 0. The van der Waals surface area contributed by atoms with Crippen LogP contribution in [0.3, 0.4) is 0 Å². The maximum Gasteiger partial charge on any atom is 0.126 e. The number of hydrogen-bond donors (Lipinski definition) is 1. The molecule has 23 heavy (non-hydrogen) atoms. The van der Waals surface area contributed by atoms with Crippen molar-refractivity contribution < 1.29 is 0 Å². The third kappa shape index (κ3) is 3.08. The molecule has 1 aromatic carbocycles. The molecule has 1 aliphatic rings. The molecule has 1 fully saturated rings. The molecule has 5 heteroatoms. The zero-order valence-electron chi connectivity index (χ0n) is 13.1. The monoisotopic (exact) mass is 305 g/mol. The SMILES string of the molecule is Cc1ccccc1-n1cc(CNc2cccc(C3CC3)n2)nn1. The molecule has 1 saturated carbocycles. The summed E-state index contributed by atoms with van der Waals surface area (Å²) >= 11 is 0. The highest BCUT2D eigenvalue weighted by Gasteiger charge is 2.24. The van der Waals surface area contributed by atoms with Gasteiger partial charge >= 0.3 is 0 Å². The Labute approximate surface area is 135 Å². The van der Waals surface area contributed by atoms with E-state index in [0.717, 1.165) is 17.2 Å². The van der Waals surface area contributed by atoms with Gasteiger partial charge in [-0.1, -0.05) is 29.5 Å². The van der Waals surface area contributed by atoms with Gasteiger partial charge in [-0.15, -0.1) is 5.10 Å². The second-order valence-electron chi connectivity index (χ2n) is 6.02. The molecule has 2 aromatic heterocycles. The number of anilines is 1. The Hall–Kier alpha value is -2.69. The van der Waals surface area contributed by atoms with Gasteiger partial charge in [-0.25, -0.2) is 9.67 Å². The van der Waals surface area contributed by atoms with Crippen LogP contribution >= 0.6 is 0 Å². The van der Waals surface area contributed by atoms with Crippen LogP contribution in [-0.2, 0) is 6.54 Å². The fourth-order valence-corrected chi connectivity index (χ4v) is 2.66. The zero-order valence-corrected chi connectivity index (χ0v) is 13.1. The van der Waals surface area contributed by atoms with Crippen molar-refractivity contribution in [2.24, 2.45) is 0 Å². The summed E-state index contributed by atoms with van der Waals surface area (Å²) in [6, 6.07) is 14.3. The molecule has 0 saturated heterocycles. The quantitative estimate of drug-likeness (QED) is 0.784. The molecule has 0 radical (unpaired) electrons. The number of nitrogens with one attached hydrogen (secondary N) is 1. The van der Waals surface area contributed by atoms with Crippen molar-refractivity contribution in [3.8, 4) is 5.69 Å². The lowest BCUT2D eigenvalue weighted by Gasteiger charge is -2.05. The summed E-state index contributed by atoms with van der Waals surface area (Å²) in [6.07, 6.45) is 4.49. The van der Waals surface area contributed by atoms with Crippen LogP contribution in [0.15, 0.2) is 48.7 Å². The number of benzene rings is 1.